The number of nitrogens with one attached hydrogen (secondary N) is 2. The Bertz CT molecular complexity index is 889. The van der Waals surface area contributed by atoms with E-state index >= 15 is 0 Å². The van der Waals surface area contributed by atoms with E-state index in [1.165, 1.54) is 11.3 Å². The van der Waals surface area contributed by atoms with Gasteiger partial charge in [0.2, 0.25) is 0 Å². The lowest BCUT2D eigenvalue weighted by Crippen LogP contribution is -2.10. The average molecular weight is 349 g/mol. The highest BCUT2D eigenvalue weighted by Crippen LogP contribution is 2.19. The van der Waals surface area contributed by atoms with Gasteiger partial charge in [-0.3, -0.25) is 15.2 Å². The number of hydrogen-bond acceptors (Lipinski definition) is 6. The highest BCUT2D eigenvalue weighted by molar-refractivity contribution is 7.71. The van der Waals surface area contributed by atoms with E-state index < -0.39 is 0 Å². The minimum atomic E-state index is -0.302. The maximum atomic E-state index is 12.1. The van der Waals surface area contributed by atoms with Gasteiger partial charge in [-0.25, -0.2) is 4.98 Å². The first-order valence-corrected chi connectivity index (χ1v) is 8.30. The van der Waals surface area contributed by atoms with Gasteiger partial charge in [0, 0.05) is 18.8 Å². The summed E-state index contributed by atoms with van der Waals surface area (Å²) in [6.07, 6.45) is 1.29. The van der Waals surface area contributed by atoms with Crippen LogP contribution in [0.25, 0.3) is 0 Å². The maximum Gasteiger partial charge on any atom is 0.293 e. The third kappa shape index (κ3) is 3.40. The molecule has 0 aliphatic heterocycles. The third-order valence-corrected chi connectivity index (χ3v) is 4.49. The lowest BCUT2D eigenvalue weighted by Gasteiger charge is -1.98. The minimum Gasteiger partial charge on any atom is -0.456 e. The molecule has 0 spiro atoms. The number of carbonyl (C=O) groups excluding carboxylic acids is 1. The molecule has 3 aromatic rings. The van der Waals surface area contributed by atoms with Crippen LogP contribution >= 0.6 is 23.6 Å². The first kappa shape index (κ1) is 15.6. The van der Waals surface area contributed by atoms with E-state index in [2.05, 4.69) is 20.5 Å². The molecule has 23 heavy (non-hydrogen) atoms. The Hall–Kier alpha value is -2.26. The Morgan fingerprint density at radius 3 is 3.00 bits per heavy atom. The summed E-state index contributed by atoms with van der Waals surface area (Å²) in [4.78, 5) is 16.5. The summed E-state index contributed by atoms with van der Waals surface area (Å²) in [6, 6.07) is 3.46. The number of aromatic amines is 1. The summed E-state index contributed by atoms with van der Waals surface area (Å²) in [5.74, 6) is 1.55. The predicted octanol–water partition coefficient (Wildman–Crippen LogP) is 2.93. The van der Waals surface area contributed by atoms with Crippen LogP contribution in [0, 0.1) is 4.77 Å². The molecule has 7 nitrogen and oxygen atoms in total. The van der Waals surface area contributed by atoms with Crippen LogP contribution in [0.3, 0.4) is 0 Å². The topological polar surface area (TPSA) is 88.7 Å². The second-order valence-electron chi connectivity index (χ2n) is 4.90. The number of anilines is 1. The zero-order chi connectivity index (χ0) is 16.4. The molecular formula is C14H15N5O2S2. The molecule has 1 amide bonds. The molecule has 0 unspecified atom stereocenters. The molecule has 0 radical (unpaired) electrons. The third-order valence-electron chi connectivity index (χ3n) is 3.32. The SMILES string of the molecule is CCc1ccc(C(=O)Nc2nc(Cc3n[nH]c(=S)n3C)cs2)o1. The standard InChI is InChI=1S/C14H15N5O2S2/c1-3-9-4-5-10(21-9)12(20)16-13-15-8(7-23-13)6-11-17-18-14(22)19(11)2/h4-5,7H,3,6H2,1-2H3,(H,18,22)(H,15,16,20). The number of furan rings is 1. The van der Waals surface area contributed by atoms with Crippen molar-refractivity contribution < 1.29 is 9.21 Å². The lowest BCUT2D eigenvalue weighted by molar-refractivity contribution is 0.0995. The van der Waals surface area contributed by atoms with Crippen molar-refractivity contribution in [3.63, 3.8) is 0 Å². The zero-order valence-electron chi connectivity index (χ0n) is 12.6. The van der Waals surface area contributed by atoms with Crippen molar-refractivity contribution in [1.29, 1.82) is 0 Å². The summed E-state index contributed by atoms with van der Waals surface area (Å²) in [7, 11) is 1.85. The molecule has 3 aromatic heterocycles. The molecule has 0 fully saturated rings. The molecule has 0 aliphatic rings. The molecule has 3 rings (SSSR count). The van der Waals surface area contributed by atoms with Crippen LogP contribution in [0.2, 0.25) is 0 Å². The van der Waals surface area contributed by atoms with Crippen LogP contribution in [0.4, 0.5) is 5.13 Å². The van der Waals surface area contributed by atoms with E-state index in [4.69, 9.17) is 16.6 Å². The Morgan fingerprint density at radius 1 is 1.52 bits per heavy atom. The molecule has 0 bridgehead atoms. The number of thiazole rings is 1. The van der Waals surface area contributed by atoms with Gasteiger partial charge in [-0.15, -0.1) is 11.3 Å². The molecule has 120 valence electrons. The van der Waals surface area contributed by atoms with Crippen LogP contribution in [0.15, 0.2) is 21.9 Å². The fourth-order valence-electron chi connectivity index (χ4n) is 1.99. The minimum absolute atomic E-state index is 0.285. The van der Waals surface area contributed by atoms with Crippen molar-refractivity contribution in [1.82, 2.24) is 19.7 Å². The predicted molar refractivity (Wildman–Crippen MR) is 89.4 cm³/mol. The molecule has 0 atom stereocenters. The van der Waals surface area contributed by atoms with Gasteiger partial charge in [-0.1, -0.05) is 6.92 Å². The van der Waals surface area contributed by atoms with Crippen molar-refractivity contribution in [2.24, 2.45) is 7.05 Å². The largest absolute Gasteiger partial charge is 0.456 e. The lowest BCUT2D eigenvalue weighted by atomic mass is 10.3. The summed E-state index contributed by atoms with van der Waals surface area (Å²) in [6.45, 7) is 1.97. The number of rotatable bonds is 5. The number of H-pyrrole nitrogens is 1. The van der Waals surface area contributed by atoms with E-state index in [1.54, 1.807) is 16.7 Å². The fourth-order valence-corrected chi connectivity index (χ4v) is 2.85. The van der Waals surface area contributed by atoms with Crippen molar-refractivity contribution >= 4 is 34.6 Å². The van der Waals surface area contributed by atoms with Crippen molar-refractivity contribution in [2.75, 3.05) is 5.32 Å². The molecule has 0 aromatic carbocycles. The van der Waals surface area contributed by atoms with E-state index in [9.17, 15) is 4.79 Å². The van der Waals surface area contributed by atoms with Crippen LogP contribution in [0.1, 0.15) is 34.8 Å². The number of nitrogens with zero attached hydrogens (tertiary/aromatic N) is 3. The van der Waals surface area contributed by atoms with Gasteiger partial charge < -0.3 is 8.98 Å². The summed E-state index contributed by atoms with van der Waals surface area (Å²) in [5, 5.41) is 12.0. The molecule has 0 aliphatic carbocycles. The summed E-state index contributed by atoms with van der Waals surface area (Å²) in [5.41, 5.74) is 0.816. The quantitative estimate of drug-likeness (QED) is 0.691. The second-order valence-corrected chi connectivity index (χ2v) is 6.14. The number of hydrogen-bond donors (Lipinski definition) is 2. The van der Waals surface area contributed by atoms with E-state index in [-0.39, 0.29) is 11.7 Å². The number of carbonyl (C=O) groups is 1. The van der Waals surface area contributed by atoms with Crippen LogP contribution in [-0.4, -0.2) is 25.7 Å². The highest BCUT2D eigenvalue weighted by Gasteiger charge is 2.14. The number of aromatic nitrogens is 4. The van der Waals surface area contributed by atoms with Crippen molar-refractivity contribution in [3.8, 4) is 0 Å². The van der Waals surface area contributed by atoms with Gasteiger partial charge in [-0.2, -0.15) is 5.10 Å². The van der Waals surface area contributed by atoms with Crippen molar-refractivity contribution in [2.45, 2.75) is 19.8 Å². The Kier molecular flexibility index (Phi) is 4.39. The monoisotopic (exact) mass is 349 g/mol. The van der Waals surface area contributed by atoms with Gasteiger partial charge >= 0.3 is 0 Å². The summed E-state index contributed by atoms with van der Waals surface area (Å²) < 4.78 is 7.78. The van der Waals surface area contributed by atoms with Gasteiger partial charge in [0.25, 0.3) is 5.91 Å². The van der Waals surface area contributed by atoms with Gasteiger partial charge in [0.05, 0.1) is 12.1 Å². The van der Waals surface area contributed by atoms with Crippen LogP contribution in [-0.2, 0) is 19.9 Å². The van der Waals surface area contributed by atoms with Gasteiger partial charge in [-0.05, 0) is 24.4 Å². The first-order chi connectivity index (χ1) is 11.1. The smallest absolute Gasteiger partial charge is 0.293 e. The fraction of sp³-hybridized carbons (Fsp3) is 0.286. The normalized spacial score (nSPS) is 10.9. The Labute approximate surface area is 141 Å². The molecule has 2 N–H and O–H groups in total. The zero-order valence-corrected chi connectivity index (χ0v) is 14.3. The second kappa shape index (κ2) is 6.47. The number of aryl methyl sites for hydroxylation is 1. The molecule has 3 heterocycles. The van der Waals surface area contributed by atoms with E-state index in [0.717, 1.165) is 23.7 Å². The van der Waals surface area contributed by atoms with Gasteiger partial charge in [0.1, 0.15) is 11.6 Å². The molecule has 0 saturated heterocycles. The molecule has 9 heteroatoms. The van der Waals surface area contributed by atoms with Gasteiger partial charge in [0.15, 0.2) is 15.7 Å². The number of amides is 1. The van der Waals surface area contributed by atoms with Crippen LogP contribution < -0.4 is 5.32 Å². The molecule has 0 saturated carbocycles. The Balaban J connectivity index is 1.68. The average Bonchev–Trinajstić information content (AvgIpc) is 3.25. The molecular weight excluding hydrogens is 334 g/mol. The van der Waals surface area contributed by atoms with Crippen molar-refractivity contribution in [3.05, 3.63) is 45.3 Å². The first-order valence-electron chi connectivity index (χ1n) is 7.01. The van der Waals surface area contributed by atoms with Crippen LogP contribution in [0.5, 0.6) is 0 Å². The highest BCUT2D eigenvalue weighted by atomic mass is 32.1. The maximum absolute atomic E-state index is 12.1. The van der Waals surface area contributed by atoms with E-state index in [0.29, 0.717) is 16.3 Å². The van der Waals surface area contributed by atoms with E-state index in [1.807, 2.05) is 19.4 Å². The Morgan fingerprint density at radius 2 is 2.35 bits per heavy atom. The summed E-state index contributed by atoms with van der Waals surface area (Å²) >= 11 is 6.44.